The highest BCUT2D eigenvalue weighted by molar-refractivity contribution is 5.93. The van der Waals surface area contributed by atoms with Gasteiger partial charge in [0.25, 0.3) is 0 Å². The smallest absolute Gasteiger partial charge is 0.248 e. The highest BCUT2D eigenvalue weighted by Crippen LogP contribution is 2.24. The van der Waals surface area contributed by atoms with Crippen LogP contribution in [-0.2, 0) is 12.8 Å². The van der Waals surface area contributed by atoms with Crippen molar-refractivity contribution in [3.63, 3.8) is 0 Å². The van der Waals surface area contributed by atoms with Crippen LogP contribution in [-0.4, -0.2) is 11.9 Å². The lowest BCUT2D eigenvalue weighted by molar-refractivity contribution is 0.100. The van der Waals surface area contributed by atoms with E-state index in [1.165, 1.54) is 11.1 Å². The van der Waals surface area contributed by atoms with E-state index in [0.29, 0.717) is 11.6 Å². The average molecular weight is 252 g/mol. The summed E-state index contributed by atoms with van der Waals surface area (Å²) < 4.78 is 0. The number of benzene rings is 2. The fourth-order valence-electron chi connectivity index (χ4n) is 2.63. The molecule has 1 aliphatic rings. The molecule has 0 saturated heterocycles. The summed E-state index contributed by atoms with van der Waals surface area (Å²) in [6.45, 7) is 0. The summed E-state index contributed by atoms with van der Waals surface area (Å²) in [5.74, 6) is -0.389. The number of amides is 1. The van der Waals surface area contributed by atoms with Crippen molar-refractivity contribution in [1.82, 2.24) is 0 Å². The number of carbonyl (C=O) groups excluding carboxylic acids is 1. The molecule has 0 radical (unpaired) electrons. The van der Waals surface area contributed by atoms with Gasteiger partial charge in [0.2, 0.25) is 5.91 Å². The molecule has 0 aromatic heterocycles. The topological polar surface area (TPSA) is 55.1 Å². The van der Waals surface area contributed by atoms with Crippen LogP contribution in [0.3, 0.4) is 0 Å². The van der Waals surface area contributed by atoms with Gasteiger partial charge < -0.3 is 11.1 Å². The zero-order valence-corrected chi connectivity index (χ0v) is 10.6. The second-order valence-electron chi connectivity index (χ2n) is 4.96. The highest BCUT2D eigenvalue weighted by atomic mass is 16.1. The molecule has 19 heavy (non-hydrogen) atoms. The van der Waals surface area contributed by atoms with Gasteiger partial charge in [-0.05, 0) is 48.2 Å². The minimum Gasteiger partial charge on any atom is -0.382 e. The zero-order valence-electron chi connectivity index (χ0n) is 10.6. The second-order valence-corrected chi connectivity index (χ2v) is 4.96. The van der Waals surface area contributed by atoms with Gasteiger partial charge in [-0.15, -0.1) is 0 Å². The lowest BCUT2D eigenvalue weighted by Crippen LogP contribution is -2.19. The number of fused-ring (bicyclic) bond motifs is 1. The van der Waals surface area contributed by atoms with Crippen molar-refractivity contribution < 1.29 is 4.79 Å². The molecule has 0 bridgehead atoms. The molecule has 0 aliphatic heterocycles. The Morgan fingerprint density at radius 1 is 1.00 bits per heavy atom. The van der Waals surface area contributed by atoms with Crippen LogP contribution in [0.5, 0.6) is 0 Å². The van der Waals surface area contributed by atoms with Gasteiger partial charge >= 0.3 is 0 Å². The van der Waals surface area contributed by atoms with Crippen molar-refractivity contribution in [3.8, 4) is 0 Å². The number of rotatable bonds is 3. The van der Waals surface area contributed by atoms with E-state index in [1.807, 2.05) is 12.1 Å². The summed E-state index contributed by atoms with van der Waals surface area (Å²) in [5, 5.41) is 3.50. The monoisotopic (exact) mass is 252 g/mol. The van der Waals surface area contributed by atoms with Crippen LogP contribution in [0.15, 0.2) is 48.5 Å². The molecule has 2 aromatic rings. The van der Waals surface area contributed by atoms with Crippen molar-refractivity contribution in [2.75, 3.05) is 5.32 Å². The lowest BCUT2D eigenvalue weighted by atomic mass is 10.1. The molecule has 0 heterocycles. The van der Waals surface area contributed by atoms with Gasteiger partial charge in [0.15, 0.2) is 0 Å². The molecular weight excluding hydrogens is 236 g/mol. The van der Waals surface area contributed by atoms with Crippen LogP contribution in [0.2, 0.25) is 0 Å². The van der Waals surface area contributed by atoms with Crippen LogP contribution in [0.25, 0.3) is 0 Å². The van der Waals surface area contributed by atoms with Crippen LogP contribution in [0.1, 0.15) is 21.5 Å². The van der Waals surface area contributed by atoms with Crippen molar-refractivity contribution in [3.05, 3.63) is 65.2 Å². The van der Waals surface area contributed by atoms with Gasteiger partial charge in [-0.3, -0.25) is 4.79 Å². The summed E-state index contributed by atoms with van der Waals surface area (Å²) in [6, 6.07) is 16.3. The predicted molar refractivity (Wildman–Crippen MR) is 76.2 cm³/mol. The first-order valence-electron chi connectivity index (χ1n) is 6.45. The van der Waals surface area contributed by atoms with E-state index in [9.17, 15) is 4.79 Å². The number of primary amides is 1. The van der Waals surface area contributed by atoms with Gasteiger partial charge in [-0.25, -0.2) is 0 Å². The summed E-state index contributed by atoms with van der Waals surface area (Å²) >= 11 is 0. The molecule has 0 atom stereocenters. The summed E-state index contributed by atoms with van der Waals surface area (Å²) in [6.07, 6.45) is 2.10. The Kier molecular flexibility index (Phi) is 2.95. The first kappa shape index (κ1) is 11.8. The molecule has 0 unspecified atom stereocenters. The molecular formula is C16H16N2O. The van der Waals surface area contributed by atoms with E-state index < -0.39 is 0 Å². The third kappa shape index (κ3) is 2.45. The Morgan fingerprint density at radius 2 is 1.58 bits per heavy atom. The Bertz CT molecular complexity index is 579. The molecule has 1 amide bonds. The Labute approximate surface area is 112 Å². The van der Waals surface area contributed by atoms with Crippen molar-refractivity contribution >= 4 is 11.6 Å². The minimum atomic E-state index is -0.389. The molecule has 3 rings (SSSR count). The number of nitrogens with one attached hydrogen (secondary N) is 1. The molecule has 3 nitrogen and oxygen atoms in total. The number of hydrogen-bond donors (Lipinski definition) is 2. The zero-order chi connectivity index (χ0) is 13.2. The van der Waals surface area contributed by atoms with Gasteiger partial charge in [-0.1, -0.05) is 24.3 Å². The quantitative estimate of drug-likeness (QED) is 0.881. The van der Waals surface area contributed by atoms with E-state index in [0.717, 1.165) is 18.5 Å². The number of carbonyl (C=O) groups is 1. The number of nitrogens with two attached hydrogens (primary N) is 1. The van der Waals surface area contributed by atoms with Crippen molar-refractivity contribution in [1.29, 1.82) is 0 Å². The molecule has 0 saturated carbocycles. The molecule has 2 aromatic carbocycles. The normalized spacial score (nSPS) is 14.1. The SMILES string of the molecule is NC(=O)c1ccc(NC2Cc3ccccc3C2)cc1. The Morgan fingerprint density at radius 3 is 2.11 bits per heavy atom. The van der Waals surface area contributed by atoms with E-state index >= 15 is 0 Å². The molecule has 3 N–H and O–H groups in total. The summed E-state index contributed by atoms with van der Waals surface area (Å²) in [7, 11) is 0. The number of anilines is 1. The maximum absolute atomic E-state index is 11.0. The Hall–Kier alpha value is -2.29. The standard InChI is InChI=1S/C16H16N2O/c17-16(19)11-5-7-14(8-6-11)18-15-9-12-3-1-2-4-13(12)10-15/h1-8,15,18H,9-10H2,(H2,17,19). The lowest BCUT2D eigenvalue weighted by Gasteiger charge is -2.13. The van der Waals surface area contributed by atoms with Crippen LogP contribution >= 0.6 is 0 Å². The van der Waals surface area contributed by atoms with Gasteiger partial charge in [-0.2, -0.15) is 0 Å². The average Bonchev–Trinajstić information content (AvgIpc) is 2.81. The molecule has 0 fully saturated rings. The largest absolute Gasteiger partial charge is 0.382 e. The molecule has 0 spiro atoms. The first-order valence-corrected chi connectivity index (χ1v) is 6.45. The third-order valence-corrected chi connectivity index (χ3v) is 3.59. The van der Waals surface area contributed by atoms with E-state index in [-0.39, 0.29) is 5.91 Å². The van der Waals surface area contributed by atoms with Gasteiger partial charge in [0.05, 0.1) is 0 Å². The molecule has 3 heteroatoms. The van der Waals surface area contributed by atoms with Crippen LogP contribution in [0, 0.1) is 0 Å². The van der Waals surface area contributed by atoms with Gasteiger partial charge in [0.1, 0.15) is 0 Å². The maximum atomic E-state index is 11.0. The van der Waals surface area contributed by atoms with E-state index in [4.69, 9.17) is 5.73 Å². The van der Waals surface area contributed by atoms with Gasteiger partial charge in [0, 0.05) is 17.3 Å². The van der Waals surface area contributed by atoms with Crippen LogP contribution in [0.4, 0.5) is 5.69 Å². The first-order chi connectivity index (χ1) is 9.22. The Balaban J connectivity index is 1.69. The van der Waals surface area contributed by atoms with E-state index in [2.05, 4.69) is 29.6 Å². The highest BCUT2D eigenvalue weighted by Gasteiger charge is 2.20. The van der Waals surface area contributed by atoms with Crippen molar-refractivity contribution in [2.24, 2.45) is 5.73 Å². The predicted octanol–water partition coefficient (Wildman–Crippen LogP) is 2.36. The third-order valence-electron chi connectivity index (χ3n) is 3.59. The maximum Gasteiger partial charge on any atom is 0.248 e. The fraction of sp³-hybridized carbons (Fsp3) is 0.188. The number of hydrogen-bond acceptors (Lipinski definition) is 2. The molecule has 1 aliphatic carbocycles. The fourth-order valence-corrected chi connectivity index (χ4v) is 2.63. The summed E-state index contributed by atoms with van der Waals surface area (Å²) in [4.78, 5) is 11.0. The second kappa shape index (κ2) is 4.76. The summed E-state index contributed by atoms with van der Waals surface area (Å²) in [5.41, 5.74) is 9.65. The van der Waals surface area contributed by atoms with Crippen LogP contribution < -0.4 is 11.1 Å². The van der Waals surface area contributed by atoms with Crippen molar-refractivity contribution in [2.45, 2.75) is 18.9 Å². The van der Waals surface area contributed by atoms with E-state index in [1.54, 1.807) is 12.1 Å². The molecule has 96 valence electrons. The minimum absolute atomic E-state index is 0.389.